The van der Waals surface area contributed by atoms with Gasteiger partial charge in [-0.15, -0.1) is 0 Å². The molecule has 128 valence electrons. The lowest BCUT2D eigenvalue weighted by atomic mass is 10.1. The topological polar surface area (TPSA) is 46.4 Å². The summed E-state index contributed by atoms with van der Waals surface area (Å²) in [4.78, 5) is 17.1. The van der Waals surface area contributed by atoms with Gasteiger partial charge < -0.3 is 9.72 Å². The minimum Gasteiger partial charge on any atom is -0.322 e. The summed E-state index contributed by atoms with van der Waals surface area (Å²) in [5, 5.41) is 2.94. The molecule has 2 aromatic heterocycles. The first kappa shape index (κ1) is 16.8. The first-order valence-corrected chi connectivity index (χ1v) is 9.30. The van der Waals surface area contributed by atoms with Crippen LogP contribution in [0.5, 0.6) is 0 Å². The molecule has 2 heterocycles. The van der Waals surface area contributed by atoms with Crippen molar-refractivity contribution in [3.63, 3.8) is 0 Å². The zero-order valence-electron chi connectivity index (χ0n) is 14.1. The molecule has 0 unspecified atom stereocenters. The highest BCUT2D eigenvalue weighted by molar-refractivity contribution is 14.1. The van der Waals surface area contributed by atoms with E-state index in [4.69, 9.17) is 0 Å². The molecule has 4 aromatic rings. The number of pyridine rings is 1. The summed E-state index contributed by atoms with van der Waals surface area (Å²) in [7, 11) is 0. The van der Waals surface area contributed by atoms with E-state index in [1.54, 1.807) is 0 Å². The number of amides is 1. The number of fused-ring (bicyclic) bond motifs is 1. The Kier molecular flexibility index (Phi) is 4.46. The molecule has 5 heteroatoms. The van der Waals surface area contributed by atoms with Gasteiger partial charge >= 0.3 is 0 Å². The molecule has 0 fully saturated rings. The van der Waals surface area contributed by atoms with Gasteiger partial charge in [0.2, 0.25) is 0 Å². The molecule has 0 radical (unpaired) electrons. The van der Waals surface area contributed by atoms with E-state index in [1.165, 1.54) is 5.56 Å². The number of aryl methyl sites for hydroxylation is 1. The van der Waals surface area contributed by atoms with Crippen LogP contribution in [0.3, 0.4) is 0 Å². The number of nitrogens with one attached hydrogen (secondary N) is 1. The number of carbonyl (C=O) groups is 1. The summed E-state index contributed by atoms with van der Waals surface area (Å²) in [6, 6.07) is 19.4. The maximum atomic E-state index is 12.4. The van der Waals surface area contributed by atoms with Crippen LogP contribution in [0.1, 0.15) is 15.9 Å². The van der Waals surface area contributed by atoms with E-state index >= 15 is 0 Å². The van der Waals surface area contributed by atoms with Crippen LogP contribution in [0.25, 0.3) is 16.9 Å². The maximum absolute atomic E-state index is 12.4. The lowest BCUT2D eigenvalue weighted by molar-refractivity contribution is 0.102. The Morgan fingerprint density at radius 3 is 2.62 bits per heavy atom. The van der Waals surface area contributed by atoms with E-state index in [1.807, 2.05) is 65.3 Å². The number of rotatable bonds is 3. The zero-order valence-corrected chi connectivity index (χ0v) is 16.3. The number of benzene rings is 2. The lowest BCUT2D eigenvalue weighted by Crippen LogP contribution is -2.13. The minimum atomic E-state index is -0.106. The molecule has 0 bridgehead atoms. The summed E-state index contributed by atoms with van der Waals surface area (Å²) in [6.45, 7) is 2.06. The van der Waals surface area contributed by atoms with Crippen molar-refractivity contribution in [1.82, 2.24) is 9.38 Å². The van der Waals surface area contributed by atoms with Crippen molar-refractivity contribution >= 4 is 39.8 Å². The van der Waals surface area contributed by atoms with E-state index in [2.05, 4.69) is 51.9 Å². The van der Waals surface area contributed by atoms with Crippen LogP contribution in [0.15, 0.2) is 73.1 Å². The molecule has 0 saturated carbocycles. The Morgan fingerprint density at radius 1 is 1.08 bits per heavy atom. The number of imidazole rings is 1. The Bertz CT molecular complexity index is 1100. The lowest BCUT2D eigenvalue weighted by Gasteiger charge is -2.07. The zero-order chi connectivity index (χ0) is 18.1. The van der Waals surface area contributed by atoms with E-state index < -0.39 is 0 Å². The molecule has 0 spiro atoms. The van der Waals surface area contributed by atoms with Crippen LogP contribution in [-0.4, -0.2) is 15.3 Å². The van der Waals surface area contributed by atoms with Crippen molar-refractivity contribution in [2.75, 3.05) is 5.32 Å². The van der Waals surface area contributed by atoms with Gasteiger partial charge in [0.25, 0.3) is 5.91 Å². The summed E-state index contributed by atoms with van der Waals surface area (Å²) in [6.07, 6.45) is 4.02. The standard InChI is InChI=1S/C21H16IN3O/c1-14-10-11-25-13-19(24-20(25)12-14)15-6-8-16(9-7-15)23-21(26)17-4-2-3-5-18(17)22/h2-13H,1H3,(H,23,26). The molecule has 0 aliphatic carbocycles. The maximum Gasteiger partial charge on any atom is 0.256 e. The van der Waals surface area contributed by atoms with Gasteiger partial charge in [0.05, 0.1) is 11.3 Å². The van der Waals surface area contributed by atoms with Gasteiger partial charge in [-0.1, -0.05) is 24.3 Å². The number of hydrogen-bond acceptors (Lipinski definition) is 2. The van der Waals surface area contributed by atoms with Gasteiger partial charge in [0.1, 0.15) is 5.65 Å². The molecule has 0 aliphatic rings. The predicted molar refractivity (Wildman–Crippen MR) is 112 cm³/mol. The normalized spacial score (nSPS) is 10.8. The first-order valence-electron chi connectivity index (χ1n) is 8.22. The second-order valence-electron chi connectivity index (χ2n) is 6.11. The summed E-state index contributed by atoms with van der Waals surface area (Å²) in [5.41, 5.74) is 5.47. The average Bonchev–Trinajstić information content (AvgIpc) is 3.05. The van der Waals surface area contributed by atoms with E-state index in [-0.39, 0.29) is 5.91 Å². The van der Waals surface area contributed by atoms with Crippen molar-refractivity contribution in [3.8, 4) is 11.3 Å². The molecular weight excluding hydrogens is 437 g/mol. The molecule has 4 rings (SSSR count). The number of carbonyl (C=O) groups excluding carboxylic acids is 1. The Labute approximate surface area is 165 Å². The summed E-state index contributed by atoms with van der Waals surface area (Å²) >= 11 is 2.17. The molecule has 0 atom stereocenters. The fourth-order valence-electron chi connectivity index (χ4n) is 2.79. The van der Waals surface area contributed by atoms with Gasteiger partial charge in [-0.25, -0.2) is 4.98 Å². The van der Waals surface area contributed by atoms with Crippen LogP contribution in [0.4, 0.5) is 5.69 Å². The van der Waals surface area contributed by atoms with Gasteiger partial charge in [0, 0.05) is 27.2 Å². The number of aromatic nitrogens is 2. The second kappa shape index (κ2) is 6.92. The van der Waals surface area contributed by atoms with E-state index in [0.717, 1.165) is 26.2 Å². The van der Waals surface area contributed by atoms with Crippen molar-refractivity contribution in [3.05, 3.63) is 87.8 Å². The third-order valence-electron chi connectivity index (χ3n) is 4.17. The fraction of sp³-hybridized carbons (Fsp3) is 0.0476. The molecule has 2 aromatic carbocycles. The highest BCUT2D eigenvalue weighted by Crippen LogP contribution is 2.22. The number of halogens is 1. The highest BCUT2D eigenvalue weighted by atomic mass is 127. The van der Waals surface area contributed by atoms with Crippen molar-refractivity contribution < 1.29 is 4.79 Å². The molecule has 1 N–H and O–H groups in total. The second-order valence-corrected chi connectivity index (χ2v) is 7.27. The molecule has 0 saturated heterocycles. The monoisotopic (exact) mass is 453 g/mol. The summed E-state index contributed by atoms with van der Waals surface area (Å²) in [5.74, 6) is -0.106. The fourth-order valence-corrected chi connectivity index (χ4v) is 3.42. The Balaban J connectivity index is 1.56. The third kappa shape index (κ3) is 3.35. The molecule has 1 amide bonds. The highest BCUT2D eigenvalue weighted by Gasteiger charge is 2.10. The molecule has 0 aliphatic heterocycles. The number of anilines is 1. The summed E-state index contributed by atoms with van der Waals surface area (Å²) < 4.78 is 2.94. The van der Waals surface area contributed by atoms with Crippen LogP contribution in [0.2, 0.25) is 0 Å². The van der Waals surface area contributed by atoms with Crippen LogP contribution in [-0.2, 0) is 0 Å². The minimum absolute atomic E-state index is 0.106. The molecular formula is C21H16IN3O. The number of hydrogen-bond donors (Lipinski definition) is 1. The van der Waals surface area contributed by atoms with Gasteiger partial charge in [-0.05, 0) is 71.5 Å². The predicted octanol–water partition coefficient (Wildman–Crippen LogP) is 5.17. The molecule has 26 heavy (non-hydrogen) atoms. The largest absolute Gasteiger partial charge is 0.322 e. The first-order chi connectivity index (χ1) is 12.6. The molecule has 4 nitrogen and oxygen atoms in total. The van der Waals surface area contributed by atoms with E-state index in [0.29, 0.717) is 5.56 Å². The van der Waals surface area contributed by atoms with Crippen LogP contribution in [0, 0.1) is 10.5 Å². The van der Waals surface area contributed by atoms with Crippen molar-refractivity contribution in [1.29, 1.82) is 0 Å². The van der Waals surface area contributed by atoms with Crippen molar-refractivity contribution in [2.24, 2.45) is 0 Å². The van der Waals surface area contributed by atoms with Gasteiger partial charge in [-0.3, -0.25) is 4.79 Å². The Morgan fingerprint density at radius 2 is 1.85 bits per heavy atom. The SMILES string of the molecule is Cc1ccn2cc(-c3ccc(NC(=O)c4ccccc4I)cc3)nc2c1. The quantitative estimate of drug-likeness (QED) is 0.436. The van der Waals surface area contributed by atoms with Crippen molar-refractivity contribution in [2.45, 2.75) is 6.92 Å². The van der Waals surface area contributed by atoms with Gasteiger partial charge in [-0.2, -0.15) is 0 Å². The third-order valence-corrected chi connectivity index (χ3v) is 5.11. The van der Waals surface area contributed by atoms with Gasteiger partial charge in [0.15, 0.2) is 0 Å². The number of nitrogens with zero attached hydrogens (tertiary/aromatic N) is 2. The Hall–Kier alpha value is -2.67. The smallest absolute Gasteiger partial charge is 0.256 e. The van der Waals surface area contributed by atoms with Crippen LogP contribution >= 0.6 is 22.6 Å². The van der Waals surface area contributed by atoms with E-state index in [9.17, 15) is 4.79 Å². The average molecular weight is 453 g/mol. The van der Waals surface area contributed by atoms with Crippen LogP contribution < -0.4 is 5.32 Å².